The third-order valence-corrected chi connectivity index (χ3v) is 1.86. The van der Waals surface area contributed by atoms with Crippen LogP contribution in [-0.2, 0) is 7.05 Å². The first-order chi connectivity index (χ1) is 5.31. The van der Waals surface area contributed by atoms with Crippen LogP contribution in [0.2, 0.25) is 0 Å². The summed E-state index contributed by atoms with van der Waals surface area (Å²) in [7, 11) is 1.83. The molecule has 0 amide bonds. The zero-order chi connectivity index (χ0) is 7.84. The topological polar surface area (TPSA) is 47.8 Å². The standard InChI is InChI=1S/C7H9N3O/c1-10-7(5-2-3-5)8-6(4-11)9-10/h4-5H,2-3H2,1H3. The Morgan fingerprint density at radius 3 is 2.82 bits per heavy atom. The van der Waals surface area contributed by atoms with Crippen molar-refractivity contribution in [3.05, 3.63) is 11.6 Å². The van der Waals surface area contributed by atoms with Crippen LogP contribution in [0.1, 0.15) is 35.2 Å². The number of hydrogen-bond acceptors (Lipinski definition) is 3. The smallest absolute Gasteiger partial charge is 0.214 e. The van der Waals surface area contributed by atoms with Crippen molar-refractivity contribution in [2.45, 2.75) is 18.8 Å². The van der Waals surface area contributed by atoms with Crippen LogP contribution in [0.3, 0.4) is 0 Å². The van der Waals surface area contributed by atoms with Gasteiger partial charge in [0.1, 0.15) is 5.82 Å². The lowest BCUT2D eigenvalue weighted by atomic mass is 10.4. The van der Waals surface area contributed by atoms with Gasteiger partial charge in [0, 0.05) is 13.0 Å². The molecular formula is C7H9N3O. The number of hydrogen-bond donors (Lipinski definition) is 0. The summed E-state index contributed by atoms with van der Waals surface area (Å²) in [5.41, 5.74) is 0. The van der Waals surface area contributed by atoms with Crippen LogP contribution in [-0.4, -0.2) is 21.1 Å². The molecule has 4 heteroatoms. The molecule has 11 heavy (non-hydrogen) atoms. The predicted molar refractivity (Wildman–Crippen MR) is 38.4 cm³/mol. The number of aromatic nitrogens is 3. The predicted octanol–water partition coefficient (Wildman–Crippen LogP) is 0.505. The van der Waals surface area contributed by atoms with E-state index in [0.29, 0.717) is 18.0 Å². The Hall–Kier alpha value is -1.19. The molecule has 0 aliphatic heterocycles. The number of aldehydes is 1. The molecule has 4 nitrogen and oxygen atoms in total. The van der Waals surface area contributed by atoms with E-state index in [-0.39, 0.29) is 0 Å². The summed E-state index contributed by atoms with van der Waals surface area (Å²) in [5, 5.41) is 3.93. The Balaban J connectivity index is 2.37. The first kappa shape index (κ1) is 6.52. The minimum atomic E-state index is 0.300. The van der Waals surface area contributed by atoms with Crippen molar-refractivity contribution >= 4 is 6.29 Å². The van der Waals surface area contributed by atoms with Gasteiger partial charge < -0.3 is 0 Å². The summed E-state index contributed by atoms with van der Waals surface area (Å²) >= 11 is 0. The van der Waals surface area contributed by atoms with Gasteiger partial charge in [-0.3, -0.25) is 9.48 Å². The summed E-state index contributed by atoms with van der Waals surface area (Å²) < 4.78 is 1.70. The van der Waals surface area contributed by atoms with E-state index in [2.05, 4.69) is 10.1 Å². The van der Waals surface area contributed by atoms with E-state index < -0.39 is 0 Å². The summed E-state index contributed by atoms with van der Waals surface area (Å²) in [6.45, 7) is 0. The van der Waals surface area contributed by atoms with E-state index in [4.69, 9.17) is 0 Å². The van der Waals surface area contributed by atoms with Crippen LogP contribution in [0.15, 0.2) is 0 Å². The lowest BCUT2D eigenvalue weighted by molar-refractivity contribution is 0.111. The Bertz CT molecular complexity index is 288. The van der Waals surface area contributed by atoms with Crippen LogP contribution < -0.4 is 0 Å². The highest BCUT2D eigenvalue weighted by atomic mass is 16.1. The summed E-state index contributed by atoms with van der Waals surface area (Å²) in [4.78, 5) is 14.4. The molecule has 1 saturated carbocycles. The second-order valence-corrected chi connectivity index (χ2v) is 2.84. The molecule has 0 atom stereocenters. The van der Waals surface area contributed by atoms with Crippen LogP contribution in [0.25, 0.3) is 0 Å². The minimum absolute atomic E-state index is 0.300. The van der Waals surface area contributed by atoms with Gasteiger partial charge in [-0.05, 0) is 12.8 Å². The molecule has 0 N–H and O–H groups in total. The Kier molecular flexibility index (Phi) is 1.27. The van der Waals surface area contributed by atoms with Crippen molar-refractivity contribution < 1.29 is 4.79 Å². The third-order valence-electron chi connectivity index (χ3n) is 1.86. The van der Waals surface area contributed by atoms with Gasteiger partial charge in [0.05, 0.1) is 0 Å². The fraction of sp³-hybridized carbons (Fsp3) is 0.571. The van der Waals surface area contributed by atoms with Crippen molar-refractivity contribution in [1.82, 2.24) is 14.8 Å². The highest BCUT2D eigenvalue weighted by molar-refractivity contribution is 5.68. The largest absolute Gasteiger partial charge is 0.294 e. The minimum Gasteiger partial charge on any atom is -0.294 e. The van der Waals surface area contributed by atoms with Crippen molar-refractivity contribution in [1.29, 1.82) is 0 Å². The SMILES string of the molecule is Cn1nc(C=O)nc1C1CC1. The first-order valence-electron chi connectivity index (χ1n) is 3.67. The molecule has 1 aliphatic rings. The Labute approximate surface area is 64.2 Å². The second-order valence-electron chi connectivity index (χ2n) is 2.84. The van der Waals surface area contributed by atoms with Crippen molar-refractivity contribution in [3.63, 3.8) is 0 Å². The zero-order valence-corrected chi connectivity index (χ0v) is 6.32. The molecule has 1 heterocycles. The zero-order valence-electron chi connectivity index (χ0n) is 6.32. The molecule has 0 bridgehead atoms. The number of aryl methyl sites for hydroxylation is 1. The second kappa shape index (κ2) is 2.15. The Morgan fingerprint density at radius 1 is 1.64 bits per heavy atom. The van der Waals surface area contributed by atoms with E-state index in [1.165, 1.54) is 12.8 Å². The fourth-order valence-electron chi connectivity index (χ4n) is 1.16. The number of nitrogens with zero attached hydrogens (tertiary/aromatic N) is 3. The molecule has 1 aliphatic carbocycles. The van der Waals surface area contributed by atoms with Gasteiger partial charge in [-0.25, -0.2) is 4.98 Å². The van der Waals surface area contributed by atoms with E-state index >= 15 is 0 Å². The lowest BCUT2D eigenvalue weighted by Crippen LogP contribution is -1.96. The van der Waals surface area contributed by atoms with E-state index in [1.54, 1.807) is 4.68 Å². The molecule has 0 radical (unpaired) electrons. The van der Waals surface area contributed by atoms with E-state index in [9.17, 15) is 4.79 Å². The first-order valence-corrected chi connectivity index (χ1v) is 3.67. The quantitative estimate of drug-likeness (QED) is 0.578. The molecule has 0 unspecified atom stereocenters. The van der Waals surface area contributed by atoms with E-state index in [1.807, 2.05) is 7.05 Å². The van der Waals surface area contributed by atoms with Gasteiger partial charge >= 0.3 is 0 Å². The van der Waals surface area contributed by atoms with Gasteiger partial charge in [0.15, 0.2) is 6.29 Å². The average Bonchev–Trinajstić information content (AvgIpc) is 2.76. The summed E-state index contributed by atoms with van der Waals surface area (Å²) in [6, 6.07) is 0. The van der Waals surface area contributed by atoms with Crippen molar-refractivity contribution in [2.24, 2.45) is 7.05 Å². The molecular weight excluding hydrogens is 142 g/mol. The maximum Gasteiger partial charge on any atom is 0.214 e. The van der Waals surface area contributed by atoms with Gasteiger partial charge in [-0.1, -0.05) is 0 Å². The number of carbonyl (C=O) groups is 1. The maximum absolute atomic E-state index is 10.3. The van der Waals surface area contributed by atoms with Crippen LogP contribution >= 0.6 is 0 Å². The van der Waals surface area contributed by atoms with Gasteiger partial charge in [0.25, 0.3) is 0 Å². The lowest BCUT2D eigenvalue weighted by Gasteiger charge is -1.92. The molecule has 58 valence electrons. The number of rotatable bonds is 2. The van der Waals surface area contributed by atoms with Crippen molar-refractivity contribution in [2.75, 3.05) is 0 Å². The van der Waals surface area contributed by atoms with Crippen molar-refractivity contribution in [3.8, 4) is 0 Å². The number of carbonyl (C=O) groups excluding carboxylic acids is 1. The molecule has 0 saturated heterocycles. The average molecular weight is 151 g/mol. The highest BCUT2D eigenvalue weighted by Gasteiger charge is 2.28. The monoisotopic (exact) mass is 151 g/mol. The molecule has 1 aromatic rings. The molecule has 2 rings (SSSR count). The van der Waals surface area contributed by atoms with Crippen LogP contribution in [0.4, 0.5) is 0 Å². The van der Waals surface area contributed by atoms with E-state index in [0.717, 1.165) is 5.82 Å². The maximum atomic E-state index is 10.3. The summed E-state index contributed by atoms with van der Waals surface area (Å²) in [6.07, 6.45) is 3.06. The van der Waals surface area contributed by atoms with Crippen LogP contribution in [0.5, 0.6) is 0 Å². The van der Waals surface area contributed by atoms with Crippen LogP contribution in [0, 0.1) is 0 Å². The van der Waals surface area contributed by atoms with Gasteiger partial charge in [-0.2, -0.15) is 0 Å². The molecule has 0 spiro atoms. The van der Waals surface area contributed by atoms with Gasteiger partial charge in [0.2, 0.25) is 5.82 Å². The molecule has 1 aromatic heterocycles. The van der Waals surface area contributed by atoms with Gasteiger partial charge in [-0.15, -0.1) is 5.10 Å². The molecule has 0 aromatic carbocycles. The normalized spacial score (nSPS) is 16.8. The summed E-state index contributed by atoms with van der Waals surface area (Å²) in [5.74, 6) is 1.81. The fourth-order valence-corrected chi connectivity index (χ4v) is 1.16. The Morgan fingerprint density at radius 2 is 2.36 bits per heavy atom. The molecule has 1 fully saturated rings. The highest BCUT2D eigenvalue weighted by Crippen LogP contribution is 2.38. The third kappa shape index (κ3) is 1.04.